The van der Waals surface area contributed by atoms with Crippen molar-refractivity contribution in [2.75, 3.05) is 29.9 Å². The van der Waals surface area contributed by atoms with Gasteiger partial charge < -0.3 is 10.2 Å². The van der Waals surface area contributed by atoms with Gasteiger partial charge in [-0.05, 0) is 30.9 Å². The maximum Gasteiger partial charge on any atom is 0.163 e. The van der Waals surface area contributed by atoms with E-state index in [1.807, 2.05) is 13.2 Å². The third-order valence-electron chi connectivity index (χ3n) is 5.18. The van der Waals surface area contributed by atoms with Crippen LogP contribution < -0.4 is 10.2 Å². The Morgan fingerprint density at radius 2 is 2.12 bits per heavy atom. The Morgan fingerprint density at radius 3 is 3.04 bits per heavy atom. The number of aromatic nitrogens is 6. The molecular weight excluding hydrogens is 316 g/mol. The first-order valence-corrected chi connectivity index (χ1v) is 8.75. The van der Waals surface area contributed by atoms with Crippen LogP contribution >= 0.6 is 0 Å². The Balaban J connectivity index is 1.21. The summed E-state index contributed by atoms with van der Waals surface area (Å²) in [4.78, 5) is 10.9. The largest absolute Gasteiger partial charge is 0.369 e. The van der Waals surface area contributed by atoms with Crippen LogP contribution in [0.3, 0.4) is 0 Å². The smallest absolute Gasteiger partial charge is 0.163 e. The van der Waals surface area contributed by atoms with E-state index in [4.69, 9.17) is 0 Å². The number of nitrogens with zero attached hydrogens (tertiary/aromatic N) is 7. The van der Waals surface area contributed by atoms with Crippen LogP contribution in [0.4, 0.5) is 11.6 Å². The topological polar surface area (TPSA) is 84.7 Å². The molecule has 0 atom stereocenters. The van der Waals surface area contributed by atoms with E-state index in [-0.39, 0.29) is 0 Å². The van der Waals surface area contributed by atoms with Gasteiger partial charge in [0.05, 0.1) is 17.3 Å². The van der Waals surface area contributed by atoms with Gasteiger partial charge >= 0.3 is 0 Å². The lowest BCUT2D eigenvalue weighted by Crippen LogP contribution is -2.50. The zero-order valence-electron chi connectivity index (χ0n) is 14.2. The minimum absolute atomic E-state index is 0.580. The van der Waals surface area contributed by atoms with E-state index in [0.29, 0.717) is 5.92 Å². The molecule has 3 aromatic rings. The molecule has 1 aliphatic carbocycles. The molecule has 4 heterocycles. The molecule has 8 heteroatoms. The molecule has 0 aromatic carbocycles. The molecule has 0 amide bonds. The summed E-state index contributed by atoms with van der Waals surface area (Å²) in [6.07, 6.45) is 6.83. The van der Waals surface area contributed by atoms with Crippen molar-refractivity contribution in [3.8, 4) is 0 Å². The predicted molar refractivity (Wildman–Crippen MR) is 94.6 cm³/mol. The lowest BCUT2D eigenvalue weighted by atomic mass is 10.00. The number of hydrogen-bond donors (Lipinski definition) is 1. The summed E-state index contributed by atoms with van der Waals surface area (Å²) in [5, 5.41) is 17.4. The van der Waals surface area contributed by atoms with E-state index in [1.165, 1.54) is 17.7 Å². The van der Waals surface area contributed by atoms with Crippen LogP contribution in [-0.4, -0.2) is 49.6 Å². The highest BCUT2D eigenvalue weighted by atomic mass is 15.3. The zero-order chi connectivity index (χ0) is 16.8. The Hall–Kier alpha value is -2.77. The Morgan fingerprint density at radius 1 is 1.20 bits per heavy atom. The number of anilines is 2. The molecule has 0 unspecified atom stereocenters. The van der Waals surface area contributed by atoms with Crippen LogP contribution in [0, 0.1) is 5.92 Å². The summed E-state index contributed by atoms with van der Waals surface area (Å²) in [7, 11) is 1.89. The molecule has 0 saturated carbocycles. The molecule has 128 valence electrons. The Bertz CT molecular complexity index is 928. The van der Waals surface area contributed by atoms with Crippen LogP contribution in [-0.2, 0) is 19.9 Å². The van der Waals surface area contributed by atoms with Crippen molar-refractivity contribution in [3.05, 3.63) is 29.8 Å². The Kier molecular flexibility index (Phi) is 3.29. The second-order valence-corrected chi connectivity index (χ2v) is 6.91. The summed E-state index contributed by atoms with van der Waals surface area (Å²) in [5.74, 6) is 2.46. The summed E-state index contributed by atoms with van der Waals surface area (Å²) < 4.78 is 1.76. The van der Waals surface area contributed by atoms with Gasteiger partial charge in [0.1, 0.15) is 12.1 Å². The van der Waals surface area contributed by atoms with E-state index in [9.17, 15) is 0 Å². The first-order chi connectivity index (χ1) is 12.3. The zero-order valence-corrected chi connectivity index (χ0v) is 14.2. The second kappa shape index (κ2) is 5.65. The van der Waals surface area contributed by atoms with Crippen molar-refractivity contribution in [3.63, 3.8) is 0 Å². The van der Waals surface area contributed by atoms with Crippen molar-refractivity contribution in [2.45, 2.75) is 19.3 Å². The van der Waals surface area contributed by atoms with Crippen molar-refractivity contribution >= 4 is 22.7 Å². The first-order valence-electron chi connectivity index (χ1n) is 8.75. The third-order valence-corrected chi connectivity index (χ3v) is 5.18. The van der Waals surface area contributed by atoms with Crippen molar-refractivity contribution in [1.82, 2.24) is 29.9 Å². The van der Waals surface area contributed by atoms with Gasteiger partial charge in [0.25, 0.3) is 0 Å². The molecule has 8 nitrogen and oxygen atoms in total. The predicted octanol–water partition coefficient (Wildman–Crippen LogP) is 1.19. The van der Waals surface area contributed by atoms with Gasteiger partial charge in [0.2, 0.25) is 0 Å². The highest BCUT2D eigenvalue weighted by Gasteiger charge is 2.29. The summed E-state index contributed by atoms with van der Waals surface area (Å²) >= 11 is 0. The molecule has 1 saturated heterocycles. The molecule has 1 aliphatic heterocycles. The Labute approximate surface area is 145 Å². The molecule has 25 heavy (non-hydrogen) atoms. The maximum absolute atomic E-state index is 4.39. The van der Waals surface area contributed by atoms with Crippen LogP contribution in [0.5, 0.6) is 0 Å². The van der Waals surface area contributed by atoms with Gasteiger partial charge in [-0.1, -0.05) is 0 Å². The SMILES string of the molecule is Cn1ncc2c(NCC3CN(c4cc5c(nn4)CCC5)C3)ncnc21. The lowest BCUT2D eigenvalue weighted by Gasteiger charge is -2.40. The van der Waals surface area contributed by atoms with Crippen molar-refractivity contribution < 1.29 is 0 Å². The third kappa shape index (κ3) is 2.48. The minimum Gasteiger partial charge on any atom is -0.369 e. The molecule has 1 fully saturated rings. The maximum atomic E-state index is 4.39. The number of nitrogens with one attached hydrogen (secondary N) is 1. The van der Waals surface area contributed by atoms with E-state index in [1.54, 1.807) is 11.0 Å². The standard InChI is InChI=1S/C17H20N8/c1-24-17-13(7-21-24)16(19-10-20-17)18-6-11-8-25(9-11)15-5-12-3-2-4-14(12)22-23-15/h5,7,10-11H,2-4,6,8-9H2,1H3,(H,18,19,20). The highest BCUT2D eigenvalue weighted by molar-refractivity contribution is 5.85. The summed E-state index contributed by atoms with van der Waals surface area (Å²) in [6, 6.07) is 2.22. The average Bonchev–Trinajstić information content (AvgIpc) is 3.20. The van der Waals surface area contributed by atoms with Gasteiger partial charge in [-0.2, -0.15) is 10.2 Å². The van der Waals surface area contributed by atoms with E-state index in [0.717, 1.165) is 55.1 Å². The van der Waals surface area contributed by atoms with Gasteiger partial charge in [-0.3, -0.25) is 4.68 Å². The number of rotatable bonds is 4. The van der Waals surface area contributed by atoms with Gasteiger partial charge in [0.15, 0.2) is 11.5 Å². The monoisotopic (exact) mass is 336 g/mol. The summed E-state index contributed by atoms with van der Waals surface area (Å²) in [5.41, 5.74) is 3.42. The molecule has 1 N–H and O–H groups in total. The quantitative estimate of drug-likeness (QED) is 0.766. The molecule has 2 aliphatic rings. The van der Waals surface area contributed by atoms with Crippen molar-refractivity contribution in [2.24, 2.45) is 13.0 Å². The number of aryl methyl sites for hydroxylation is 3. The van der Waals surface area contributed by atoms with E-state index in [2.05, 4.69) is 41.5 Å². The van der Waals surface area contributed by atoms with E-state index < -0.39 is 0 Å². The number of fused-ring (bicyclic) bond motifs is 2. The average molecular weight is 336 g/mol. The molecule has 0 spiro atoms. The fourth-order valence-corrected chi connectivity index (χ4v) is 3.70. The molecular formula is C17H20N8. The van der Waals surface area contributed by atoms with Crippen LogP contribution in [0.25, 0.3) is 11.0 Å². The van der Waals surface area contributed by atoms with Gasteiger partial charge in [-0.25, -0.2) is 9.97 Å². The van der Waals surface area contributed by atoms with Crippen molar-refractivity contribution in [1.29, 1.82) is 0 Å². The van der Waals surface area contributed by atoms with E-state index >= 15 is 0 Å². The molecule has 0 radical (unpaired) electrons. The molecule has 5 rings (SSSR count). The normalized spacial score (nSPS) is 16.9. The fraction of sp³-hybridized carbons (Fsp3) is 0.471. The lowest BCUT2D eigenvalue weighted by molar-refractivity contribution is 0.425. The molecule has 0 bridgehead atoms. The number of hydrogen-bond acceptors (Lipinski definition) is 7. The van der Waals surface area contributed by atoms with Crippen LogP contribution in [0.1, 0.15) is 17.7 Å². The first kappa shape index (κ1) is 14.6. The second-order valence-electron chi connectivity index (χ2n) is 6.91. The summed E-state index contributed by atoms with van der Waals surface area (Å²) in [6.45, 7) is 2.89. The van der Waals surface area contributed by atoms with Gasteiger partial charge in [0, 0.05) is 32.6 Å². The highest BCUT2D eigenvalue weighted by Crippen LogP contribution is 2.27. The van der Waals surface area contributed by atoms with Gasteiger partial charge in [-0.15, -0.1) is 5.10 Å². The molecule has 3 aromatic heterocycles. The van der Waals surface area contributed by atoms with Crippen LogP contribution in [0.2, 0.25) is 0 Å². The van der Waals surface area contributed by atoms with Crippen LogP contribution in [0.15, 0.2) is 18.6 Å². The minimum atomic E-state index is 0.580. The fourth-order valence-electron chi connectivity index (χ4n) is 3.70.